The molecule has 1 aromatic rings. The predicted octanol–water partition coefficient (Wildman–Crippen LogP) is 2.26. The van der Waals surface area contributed by atoms with Gasteiger partial charge in [-0.15, -0.1) is 11.3 Å². The second kappa shape index (κ2) is 7.39. The molecule has 1 rings (SSSR count). The first-order valence-corrected chi connectivity index (χ1v) is 6.50. The normalized spacial score (nSPS) is 12.3. The van der Waals surface area contributed by atoms with Gasteiger partial charge in [0.15, 0.2) is 0 Å². The summed E-state index contributed by atoms with van der Waals surface area (Å²) in [6, 6.07) is 4.04. The molecule has 0 bridgehead atoms. The van der Waals surface area contributed by atoms with Gasteiger partial charge in [-0.1, -0.05) is 6.92 Å². The monoisotopic (exact) mass is 238 g/mol. The van der Waals surface area contributed by atoms with Gasteiger partial charge < -0.3 is 10.4 Å². The maximum absolute atomic E-state index is 9.35. The zero-order valence-electron chi connectivity index (χ0n) is 9.57. The van der Waals surface area contributed by atoms with E-state index >= 15 is 0 Å². The van der Waals surface area contributed by atoms with E-state index in [0.717, 1.165) is 37.9 Å². The highest BCUT2D eigenvalue weighted by Crippen LogP contribution is 2.13. The van der Waals surface area contributed by atoms with Crippen LogP contribution >= 0.6 is 11.3 Å². The molecular formula is C12H18N2OS. The Hall–Kier alpha value is -0.890. The van der Waals surface area contributed by atoms with Crippen molar-refractivity contribution in [1.29, 1.82) is 5.26 Å². The molecular weight excluding hydrogens is 220 g/mol. The molecule has 1 unspecified atom stereocenters. The van der Waals surface area contributed by atoms with Crippen LogP contribution in [0.4, 0.5) is 0 Å². The summed E-state index contributed by atoms with van der Waals surface area (Å²) in [7, 11) is 0. The van der Waals surface area contributed by atoms with Crippen LogP contribution in [0.5, 0.6) is 0 Å². The minimum absolute atomic E-state index is 0.159. The minimum atomic E-state index is -0.159. The van der Waals surface area contributed by atoms with E-state index in [1.807, 2.05) is 18.4 Å². The van der Waals surface area contributed by atoms with E-state index in [4.69, 9.17) is 5.26 Å². The maximum Gasteiger partial charge on any atom is 0.100 e. The molecule has 0 fully saturated rings. The minimum Gasteiger partial charge on any atom is -0.393 e. The lowest BCUT2D eigenvalue weighted by Gasteiger charge is -2.07. The number of aliphatic hydroxyl groups is 1. The number of hydrogen-bond acceptors (Lipinski definition) is 4. The Bertz CT molecular complexity index is 343. The number of thiophene rings is 1. The van der Waals surface area contributed by atoms with Crippen molar-refractivity contribution in [2.45, 2.75) is 38.8 Å². The van der Waals surface area contributed by atoms with Crippen LogP contribution in [0.15, 0.2) is 11.4 Å². The van der Waals surface area contributed by atoms with Gasteiger partial charge in [0.25, 0.3) is 0 Å². The maximum atomic E-state index is 9.35. The molecule has 0 amide bonds. The lowest BCUT2D eigenvalue weighted by molar-refractivity contribution is 0.157. The Morgan fingerprint density at radius 1 is 1.62 bits per heavy atom. The van der Waals surface area contributed by atoms with Crippen LogP contribution in [0.1, 0.15) is 36.6 Å². The Kier molecular flexibility index (Phi) is 6.09. The third-order valence-corrected chi connectivity index (χ3v) is 3.38. The van der Waals surface area contributed by atoms with E-state index in [-0.39, 0.29) is 6.10 Å². The van der Waals surface area contributed by atoms with Crippen molar-refractivity contribution in [3.05, 3.63) is 21.9 Å². The first-order chi connectivity index (χ1) is 7.76. The van der Waals surface area contributed by atoms with Crippen LogP contribution in [0.3, 0.4) is 0 Å². The smallest absolute Gasteiger partial charge is 0.100 e. The van der Waals surface area contributed by atoms with Gasteiger partial charge in [0.2, 0.25) is 0 Å². The van der Waals surface area contributed by atoms with Crippen molar-refractivity contribution in [1.82, 2.24) is 5.32 Å². The Labute approximate surface area is 101 Å². The van der Waals surface area contributed by atoms with E-state index in [0.29, 0.717) is 0 Å². The standard InChI is InChI=1S/C12H18N2OS/c1-2-11(15)4-3-5-14-8-12-6-10(7-13)9-16-12/h6,9,11,14-15H,2-5,8H2,1H3. The van der Waals surface area contributed by atoms with Crippen LogP contribution in [0, 0.1) is 11.3 Å². The van der Waals surface area contributed by atoms with Gasteiger partial charge in [0, 0.05) is 16.8 Å². The number of hydrogen-bond donors (Lipinski definition) is 2. The molecule has 1 heterocycles. The van der Waals surface area contributed by atoms with Crippen molar-refractivity contribution in [3.63, 3.8) is 0 Å². The largest absolute Gasteiger partial charge is 0.393 e. The average Bonchev–Trinajstić information content (AvgIpc) is 2.76. The molecule has 0 aliphatic rings. The lowest BCUT2D eigenvalue weighted by Crippen LogP contribution is -2.16. The summed E-state index contributed by atoms with van der Waals surface area (Å²) >= 11 is 1.61. The van der Waals surface area contributed by atoms with Gasteiger partial charge in [-0.25, -0.2) is 0 Å². The van der Waals surface area contributed by atoms with Gasteiger partial charge in [-0.2, -0.15) is 5.26 Å². The predicted molar refractivity (Wildman–Crippen MR) is 66.3 cm³/mol. The van der Waals surface area contributed by atoms with Crippen LogP contribution in [-0.4, -0.2) is 17.8 Å². The van der Waals surface area contributed by atoms with E-state index in [9.17, 15) is 5.11 Å². The van der Waals surface area contributed by atoms with E-state index < -0.39 is 0 Å². The second-order valence-corrected chi connectivity index (χ2v) is 4.79. The summed E-state index contributed by atoms with van der Waals surface area (Å²) in [6.07, 6.45) is 2.52. The zero-order chi connectivity index (χ0) is 11.8. The highest BCUT2D eigenvalue weighted by atomic mass is 32.1. The molecule has 16 heavy (non-hydrogen) atoms. The number of rotatable bonds is 7. The quantitative estimate of drug-likeness (QED) is 0.716. The Balaban J connectivity index is 2.09. The molecule has 1 atom stereocenters. The second-order valence-electron chi connectivity index (χ2n) is 3.79. The SMILES string of the molecule is CCC(O)CCCNCc1cc(C#N)cs1. The van der Waals surface area contributed by atoms with Gasteiger partial charge in [0.1, 0.15) is 6.07 Å². The molecule has 0 radical (unpaired) electrons. The summed E-state index contributed by atoms with van der Waals surface area (Å²) in [6.45, 7) is 3.72. The van der Waals surface area contributed by atoms with Crippen LogP contribution in [-0.2, 0) is 6.54 Å². The highest BCUT2D eigenvalue weighted by Gasteiger charge is 2.01. The molecule has 3 nitrogen and oxygen atoms in total. The van der Waals surface area contributed by atoms with Crippen LogP contribution < -0.4 is 5.32 Å². The Morgan fingerprint density at radius 2 is 2.44 bits per heavy atom. The van der Waals surface area contributed by atoms with Crippen molar-refractivity contribution in [2.75, 3.05) is 6.54 Å². The average molecular weight is 238 g/mol. The van der Waals surface area contributed by atoms with Crippen molar-refractivity contribution in [2.24, 2.45) is 0 Å². The summed E-state index contributed by atoms with van der Waals surface area (Å²) in [5.74, 6) is 0. The van der Waals surface area contributed by atoms with Crippen molar-refractivity contribution < 1.29 is 5.11 Å². The highest BCUT2D eigenvalue weighted by molar-refractivity contribution is 7.10. The van der Waals surface area contributed by atoms with E-state index in [2.05, 4.69) is 11.4 Å². The molecule has 0 aliphatic heterocycles. The number of nitrogens with zero attached hydrogens (tertiary/aromatic N) is 1. The van der Waals surface area contributed by atoms with Crippen LogP contribution in [0.25, 0.3) is 0 Å². The first-order valence-electron chi connectivity index (χ1n) is 5.62. The molecule has 2 N–H and O–H groups in total. The topological polar surface area (TPSA) is 56.0 Å². The molecule has 0 saturated heterocycles. The van der Waals surface area contributed by atoms with Crippen LogP contribution in [0.2, 0.25) is 0 Å². The van der Waals surface area contributed by atoms with Crippen molar-refractivity contribution >= 4 is 11.3 Å². The third kappa shape index (κ3) is 4.75. The molecule has 0 aromatic carbocycles. The fraction of sp³-hybridized carbons (Fsp3) is 0.583. The molecule has 4 heteroatoms. The number of nitrogens with one attached hydrogen (secondary N) is 1. The summed E-state index contributed by atoms with van der Waals surface area (Å²) in [5, 5.41) is 23.2. The summed E-state index contributed by atoms with van der Waals surface area (Å²) in [4.78, 5) is 1.19. The van der Waals surface area contributed by atoms with Gasteiger partial charge in [-0.3, -0.25) is 0 Å². The first kappa shape index (κ1) is 13.2. The number of aliphatic hydroxyl groups excluding tert-OH is 1. The lowest BCUT2D eigenvalue weighted by atomic mass is 10.1. The molecule has 88 valence electrons. The van der Waals surface area contributed by atoms with Gasteiger partial charge in [-0.05, 0) is 31.9 Å². The fourth-order valence-corrected chi connectivity index (χ4v) is 2.19. The van der Waals surface area contributed by atoms with Crippen molar-refractivity contribution in [3.8, 4) is 6.07 Å². The Morgan fingerprint density at radius 3 is 3.06 bits per heavy atom. The third-order valence-electron chi connectivity index (χ3n) is 2.44. The van der Waals surface area contributed by atoms with Gasteiger partial charge in [0.05, 0.1) is 11.7 Å². The molecule has 0 spiro atoms. The molecule has 0 saturated carbocycles. The fourth-order valence-electron chi connectivity index (χ4n) is 1.41. The summed E-state index contributed by atoms with van der Waals surface area (Å²) < 4.78 is 0. The van der Waals surface area contributed by atoms with E-state index in [1.54, 1.807) is 11.3 Å². The molecule has 1 aromatic heterocycles. The zero-order valence-corrected chi connectivity index (χ0v) is 10.4. The van der Waals surface area contributed by atoms with Gasteiger partial charge >= 0.3 is 0 Å². The van der Waals surface area contributed by atoms with E-state index in [1.165, 1.54) is 4.88 Å². The summed E-state index contributed by atoms with van der Waals surface area (Å²) in [5.41, 5.74) is 0.739. The molecule has 0 aliphatic carbocycles. The number of nitriles is 1.